The summed E-state index contributed by atoms with van der Waals surface area (Å²) in [5, 5.41) is 3.86. The highest BCUT2D eigenvalue weighted by atomic mass is 79.9. The maximum absolute atomic E-state index is 13.4. The van der Waals surface area contributed by atoms with Crippen LogP contribution in [0.2, 0.25) is 10.0 Å². The zero-order valence-electron chi connectivity index (χ0n) is 20.3. The van der Waals surface area contributed by atoms with Crippen LogP contribution in [0.25, 0.3) is 0 Å². The first-order chi connectivity index (χ1) is 16.1. The molecule has 0 fully saturated rings. The molecule has 2 amide bonds. The van der Waals surface area contributed by atoms with Crippen molar-refractivity contribution in [2.24, 2.45) is 0 Å². The third kappa shape index (κ3) is 7.62. The molecule has 0 unspecified atom stereocenters. The van der Waals surface area contributed by atoms with Gasteiger partial charge in [0.2, 0.25) is 5.91 Å². The number of nitrogens with one attached hydrogen (secondary N) is 1. The van der Waals surface area contributed by atoms with Crippen molar-refractivity contribution in [2.75, 3.05) is 6.61 Å². The van der Waals surface area contributed by atoms with Gasteiger partial charge in [-0.25, -0.2) is 0 Å². The summed E-state index contributed by atoms with van der Waals surface area (Å²) < 4.78 is 6.63. The minimum Gasteiger partial charge on any atom is -0.483 e. The highest BCUT2D eigenvalue weighted by Crippen LogP contribution is 2.30. The number of hydrogen-bond donors (Lipinski definition) is 1. The van der Waals surface area contributed by atoms with Crippen LogP contribution in [0.3, 0.4) is 0 Å². The fourth-order valence-corrected chi connectivity index (χ4v) is 4.46. The number of hydrogen-bond acceptors (Lipinski definition) is 3. The Labute approximate surface area is 221 Å². The van der Waals surface area contributed by atoms with E-state index in [1.54, 1.807) is 18.2 Å². The number of carbonyl (C=O) groups is 2. The van der Waals surface area contributed by atoms with Crippen LogP contribution >= 0.6 is 39.1 Å². The monoisotopic (exact) mass is 570 g/mol. The second kappa shape index (κ2) is 13.4. The molecule has 0 heterocycles. The van der Waals surface area contributed by atoms with Gasteiger partial charge in [0.05, 0.1) is 4.47 Å². The molecule has 0 aliphatic carbocycles. The largest absolute Gasteiger partial charge is 0.483 e. The molecule has 186 valence electrons. The number of ether oxygens (including phenoxy) is 1. The molecule has 2 rings (SSSR count). The predicted octanol–water partition coefficient (Wildman–Crippen LogP) is 6.98. The van der Waals surface area contributed by atoms with Gasteiger partial charge < -0.3 is 15.0 Å². The summed E-state index contributed by atoms with van der Waals surface area (Å²) >= 11 is 16.3. The molecule has 0 aliphatic heterocycles. The van der Waals surface area contributed by atoms with E-state index in [0.717, 1.165) is 16.5 Å². The van der Waals surface area contributed by atoms with E-state index >= 15 is 0 Å². The summed E-state index contributed by atoms with van der Waals surface area (Å²) in [7, 11) is 0. The van der Waals surface area contributed by atoms with Gasteiger partial charge in [-0.3, -0.25) is 9.59 Å². The molecule has 0 saturated heterocycles. The molecule has 0 aliphatic rings. The van der Waals surface area contributed by atoms with E-state index < -0.39 is 6.04 Å². The van der Waals surface area contributed by atoms with Gasteiger partial charge in [-0.05, 0) is 71.4 Å². The lowest BCUT2D eigenvalue weighted by Crippen LogP contribution is -2.51. The Morgan fingerprint density at radius 2 is 1.71 bits per heavy atom. The topological polar surface area (TPSA) is 58.6 Å². The van der Waals surface area contributed by atoms with Crippen molar-refractivity contribution in [3.05, 3.63) is 62.0 Å². The van der Waals surface area contributed by atoms with Crippen LogP contribution in [0.1, 0.15) is 64.5 Å². The van der Waals surface area contributed by atoms with Gasteiger partial charge in [0.1, 0.15) is 11.8 Å². The Hall–Kier alpha value is -1.76. The Balaban J connectivity index is 2.30. The summed E-state index contributed by atoms with van der Waals surface area (Å²) in [4.78, 5) is 28.0. The van der Waals surface area contributed by atoms with Crippen molar-refractivity contribution >= 4 is 50.9 Å². The van der Waals surface area contributed by atoms with Crippen LogP contribution in [0.15, 0.2) is 40.9 Å². The van der Waals surface area contributed by atoms with Crippen LogP contribution < -0.4 is 10.1 Å². The Kier molecular flexibility index (Phi) is 11.2. The Morgan fingerprint density at radius 1 is 1.06 bits per heavy atom. The summed E-state index contributed by atoms with van der Waals surface area (Å²) in [6.45, 7) is 9.89. The van der Waals surface area contributed by atoms with E-state index in [0.29, 0.717) is 33.7 Å². The van der Waals surface area contributed by atoms with Gasteiger partial charge in [-0.15, -0.1) is 0 Å². The van der Waals surface area contributed by atoms with Gasteiger partial charge in [0, 0.05) is 28.2 Å². The van der Waals surface area contributed by atoms with Crippen LogP contribution in [0, 0.1) is 0 Å². The van der Waals surface area contributed by atoms with E-state index in [4.69, 9.17) is 27.9 Å². The lowest BCUT2D eigenvalue weighted by molar-refractivity contribution is -0.143. The van der Waals surface area contributed by atoms with E-state index in [1.165, 1.54) is 4.90 Å². The molecule has 2 atom stereocenters. The molecule has 0 bridgehead atoms. The van der Waals surface area contributed by atoms with Gasteiger partial charge in [0.25, 0.3) is 5.91 Å². The van der Waals surface area contributed by atoms with E-state index in [1.807, 2.05) is 39.0 Å². The first-order valence-electron chi connectivity index (χ1n) is 11.5. The van der Waals surface area contributed by atoms with Crippen molar-refractivity contribution in [1.29, 1.82) is 0 Å². The van der Waals surface area contributed by atoms with Gasteiger partial charge in [0.15, 0.2) is 6.61 Å². The maximum Gasteiger partial charge on any atom is 0.261 e. The third-order valence-electron chi connectivity index (χ3n) is 5.75. The molecular weight excluding hydrogens is 539 g/mol. The summed E-state index contributed by atoms with van der Waals surface area (Å²) in [6, 6.07) is 10.3. The van der Waals surface area contributed by atoms with Crippen molar-refractivity contribution in [3.8, 4) is 5.75 Å². The average molecular weight is 572 g/mol. The Morgan fingerprint density at radius 3 is 2.24 bits per heavy atom. The molecule has 34 heavy (non-hydrogen) atoms. The van der Waals surface area contributed by atoms with Crippen molar-refractivity contribution in [3.63, 3.8) is 0 Å². The standard InChI is InChI=1S/C26H33BrCl2N2O3/c1-6-17(5)30-26(33)23(7-2)31(14-19-21(28)9-8-10-22(19)29)25(32)15-34-24-12-11-18(16(3)4)13-20(24)27/h8-13,16-17,23H,6-7,14-15H2,1-5H3,(H,30,33)/t17-,23+/m1/s1. The van der Waals surface area contributed by atoms with E-state index in [9.17, 15) is 9.59 Å². The molecule has 8 heteroatoms. The lowest BCUT2D eigenvalue weighted by atomic mass is 10.0. The zero-order chi connectivity index (χ0) is 25.4. The van der Waals surface area contributed by atoms with Crippen LogP contribution in [-0.4, -0.2) is 35.4 Å². The molecular formula is C26H33BrCl2N2O3. The molecule has 1 N–H and O–H groups in total. The van der Waals surface area contributed by atoms with Crippen LogP contribution in [0.4, 0.5) is 0 Å². The quantitative estimate of drug-likeness (QED) is 0.316. The molecule has 0 radical (unpaired) electrons. The number of halogens is 3. The fourth-order valence-electron chi connectivity index (χ4n) is 3.43. The third-order valence-corrected chi connectivity index (χ3v) is 7.08. The second-order valence-electron chi connectivity index (χ2n) is 8.60. The highest BCUT2D eigenvalue weighted by Gasteiger charge is 2.30. The SMILES string of the molecule is CC[C@@H](C)NC(=O)[C@H](CC)N(Cc1c(Cl)cccc1Cl)C(=O)COc1ccc(C(C)C)cc1Br. The molecule has 0 spiro atoms. The van der Waals surface area contributed by atoms with Crippen molar-refractivity contribution in [1.82, 2.24) is 10.2 Å². The van der Waals surface area contributed by atoms with Gasteiger partial charge in [-0.1, -0.05) is 63.0 Å². The molecule has 5 nitrogen and oxygen atoms in total. The second-order valence-corrected chi connectivity index (χ2v) is 10.3. The van der Waals surface area contributed by atoms with Crippen molar-refractivity contribution < 1.29 is 14.3 Å². The first-order valence-corrected chi connectivity index (χ1v) is 13.1. The molecule has 0 aromatic heterocycles. The number of rotatable bonds is 11. The average Bonchev–Trinajstić information content (AvgIpc) is 2.79. The number of amides is 2. The van der Waals surface area contributed by atoms with E-state index in [2.05, 4.69) is 35.1 Å². The van der Waals surface area contributed by atoms with E-state index in [-0.39, 0.29) is 31.0 Å². The first kappa shape index (κ1) is 28.5. The van der Waals surface area contributed by atoms with Gasteiger partial charge in [-0.2, -0.15) is 0 Å². The normalized spacial score (nSPS) is 12.9. The fraction of sp³-hybridized carbons (Fsp3) is 0.462. The summed E-state index contributed by atoms with van der Waals surface area (Å²) in [5.41, 5.74) is 1.75. The van der Waals surface area contributed by atoms with Crippen molar-refractivity contribution in [2.45, 2.75) is 72.0 Å². The lowest BCUT2D eigenvalue weighted by Gasteiger charge is -2.32. The summed E-state index contributed by atoms with van der Waals surface area (Å²) in [5.74, 6) is 0.389. The minimum absolute atomic E-state index is 0.00548. The zero-order valence-corrected chi connectivity index (χ0v) is 23.4. The van der Waals surface area contributed by atoms with Gasteiger partial charge >= 0.3 is 0 Å². The maximum atomic E-state index is 13.4. The minimum atomic E-state index is -0.691. The van der Waals surface area contributed by atoms with Crippen LogP contribution in [0.5, 0.6) is 5.75 Å². The predicted molar refractivity (Wildman–Crippen MR) is 143 cm³/mol. The Bertz CT molecular complexity index is 980. The number of benzene rings is 2. The smallest absolute Gasteiger partial charge is 0.261 e. The van der Waals surface area contributed by atoms with Crippen LogP contribution in [-0.2, 0) is 16.1 Å². The highest BCUT2D eigenvalue weighted by molar-refractivity contribution is 9.10. The number of nitrogens with zero attached hydrogens (tertiary/aromatic N) is 1. The molecule has 0 saturated carbocycles. The number of carbonyl (C=O) groups excluding carboxylic acids is 2. The molecule has 2 aromatic carbocycles. The summed E-state index contributed by atoms with van der Waals surface area (Å²) in [6.07, 6.45) is 1.22. The molecule has 2 aromatic rings.